The van der Waals surface area contributed by atoms with E-state index in [4.69, 9.17) is 0 Å². The molecule has 1 amide bonds. The Kier molecular flexibility index (Phi) is 3.46. The van der Waals surface area contributed by atoms with Crippen molar-refractivity contribution in [2.45, 2.75) is 12.3 Å². The lowest BCUT2D eigenvalue weighted by Gasteiger charge is -2.22. The first kappa shape index (κ1) is 12.3. The number of thioether (sulfide) groups is 1. The highest BCUT2D eigenvalue weighted by atomic mass is 32.2. The van der Waals surface area contributed by atoms with Crippen LogP contribution in [0.25, 0.3) is 0 Å². The van der Waals surface area contributed by atoms with Crippen molar-refractivity contribution < 1.29 is 4.79 Å². The van der Waals surface area contributed by atoms with Gasteiger partial charge in [0, 0.05) is 22.1 Å². The fraction of sp³-hybridized carbons (Fsp3) is 0.308. The molecule has 0 saturated carbocycles. The summed E-state index contributed by atoms with van der Waals surface area (Å²) in [7, 11) is 0. The molecule has 0 radical (unpaired) electrons. The number of carbonyl (C=O) groups is 1. The molecule has 0 aliphatic carbocycles. The standard InChI is InChI=1S/C13H13NOS3/c1-9-4-5-11(18-9)13-14(6-8-17-13)12(15)10-3-2-7-16-10/h2-5,7,13H,6,8H2,1H3/t13-/m0/s1. The van der Waals surface area contributed by atoms with Gasteiger partial charge in [0.1, 0.15) is 5.37 Å². The molecule has 1 atom stereocenters. The van der Waals surface area contributed by atoms with Gasteiger partial charge in [0.2, 0.25) is 0 Å². The second-order valence-corrected chi connectivity index (χ2v) is 7.60. The van der Waals surface area contributed by atoms with Crippen LogP contribution in [-0.2, 0) is 0 Å². The highest BCUT2D eigenvalue weighted by Crippen LogP contribution is 2.41. The molecule has 5 heteroatoms. The summed E-state index contributed by atoms with van der Waals surface area (Å²) in [5, 5.41) is 2.17. The predicted octanol–water partition coefficient (Wildman–Crippen LogP) is 4.01. The minimum absolute atomic E-state index is 0.172. The largest absolute Gasteiger partial charge is 0.320 e. The van der Waals surface area contributed by atoms with Crippen molar-refractivity contribution >= 4 is 40.3 Å². The first-order chi connectivity index (χ1) is 8.75. The van der Waals surface area contributed by atoms with E-state index in [1.165, 1.54) is 21.1 Å². The maximum absolute atomic E-state index is 12.4. The molecule has 2 aromatic rings. The first-order valence-corrected chi connectivity index (χ1v) is 8.52. The minimum atomic E-state index is 0.172. The van der Waals surface area contributed by atoms with Crippen LogP contribution in [0.15, 0.2) is 29.6 Å². The highest BCUT2D eigenvalue weighted by molar-refractivity contribution is 7.99. The van der Waals surface area contributed by atoms with E-state index in [9.17, 15) is 4.79 Å². The van der Waals surface area contributed by atoms with Gasteiger partial charge in [0.05, 0.1) is 4.88 Å². The van der Waals surface area contributed by atoms with E-state index in [-0.39, 0.29) is 11.3 Å². The zero-order valence-corrected chi connectivity index (χ0v) is 12.4. The lowest BCUT2D eigenvalue weighted by Crippen LogP contribution is -2.29. The number of carbonyl (C=O) groups excluding carboxylic acids is 1. The molecule has 2 nitrogen and oxygen atoms in total. The van der Waals surface area contributed by atoms with Crippen molar-refractivity contribution in [1.82, 2.24) is 4.90 Å². The van der Waals surface area contributed by atoms with Gasteiger partial charge in [-0.15, -0.1) is 34.4 Å². The number of aryl methyl sites for hydroxylation is 1. The molecule has 0 bridgehead atoms. The zero-order chi connectivity index (χ0) is 12.5. The average Bonchev–Trinajstić information content (AvgIpc) is 3.09. The summed E-state index contributed by atoms with van der Waals surface area (Å²) in [5.74, 6) is 1.20. The average molecular weight is 295 g/mol. The summed E-state index contributed by atoms with van der Waals surface area (Å²) in [6.45, 7) is 2.96. The van der Waals surface area contributed by atoms with E-state index in [0.717, 1.165) is 17.2 Å². The van der Waals surface area contributed by atoms with Crippen LogP contribution in [0, 0.1) is 6.92 Å². The van der Waals surface area contributed by atoms with E-state index in [2.05, 4.69) is 19.1 Å². The van der Waals surface area contributed by atoms with Gasteiger partial charge in [0.25, 0.3) is 5.91 Å². The number of hydrogen-bond acceptors (Lipinski definition) is 4. The maximum atomic E-state index is 12.4. The van der Waals surface area contributed by atoms with Crippen LogP contribution in [0.1, 0.15) is 24.8 Å². The van der Waals surface area contributed by atoms with E-state index in [1.54, 1.807) is 11.3 Å². The highest BCUT2D eigenvalue weighted by Gasteiger charge is 2.32. The van der Waals surface area contributed by atoms with Crippen LogP contribution < -0.4 is 0 Å². The molecule has 0 unspecified atom stereocenters. The molecule has 18 heavy (non-hydrogen) atoms. The third kappa shape index (κ3) is 2.22. The lowest BCUT2D eigenvalue weighted by molar-refractivity contribution is 0.0766. The summed E-state index contributed by atoms with van der Waals surface area (Å²) in [4.78, 5) is 17.9. The second-order valence-electron chi connectivity index (χ2n) is 4.15. The summed E-state index contributed by atoms with van der Waals surface area (Å²) in [6.07, 6.45) is 0. The van der Waals surface area contributed by atoms with Crippen molar-refractivity contribution in [1.29, 1.82) is 0 Å². The zero-order valence-electron chi connectivity index (χ0n) is 9.96. The summed E-state index contributed by atoms with van der Waals surface area (Å²) in [6, 6.07) is 8.13. The molecule has 94 valence electrons. The second kappa shape index (κ2) is 5.07. The molecular formula is C13H13NOS3. The Bertz CT molecular complexity index is 546. The molecule has 0 spiro atoms. The minimum Gasteiger partial charge on any atom is -0.320 e. The van der Waals surface area contributed by atoms with Gasteiger partial charge in [-0.25, -0.2) is 0 Å². The molecule has 3 heterocycles. The van der Waals surface area contributed by atoms with E-state index < -0.39 is 0 Å². The van der Waals surface area contributed by atoms with Gasteiger partial charge in [-0.1, -0.05) is 6.07 Å². The normalized spacial score (nSPS) is 19.4. The molecule has 2 aromatic heterocycles. The Morgan fingerprint density at radius 2 is 2.28 bits per heavy atom. The van der Waals surface area contributed by atoms with Gasteiger partial charge in [0.15, 0.2) is 0 Å². The van der Waals surface area contributed by atoms with Crippen LogP contribution in [0.5, 0.6) is 0 Å². The van der Waals surface area contributed by atoms with Crippen LogP contribution in [-0.4, -0.2) is 23.1 Å². The van der Waals surface area contributed by atoms with Crippen LogP contribution in [0.4, 0.5) is 0 Å². The lowest BCUT2D eigenvalue weighted by atomic mass is 10.3. The van der Waals surface area contributed by atoms with E-state index in [1.807, 2.05) is 34.2 Å². The third-order valence-corrected chi connectivity index (χ3v) is 6.19. The Balaban J connectivity index is 1.85. The Morgan fingerprint density at radius 1 is 1.39 bits per heavy atom. The Morgan fingerprint density at radius 3 is 2.94 bits per heavy atom. The SMILES string of the molecule is Cc1ccc([C@@H]2SCCN2C(=O)c2cccs2)s1. The van der Waals surface area contributed by atoms with Crippen molar-refractivity contribution in [2.24, 2.45) is 0 Å². The van der Waals surface area contributed by atoms with Gasteiger partial charge >= 0.3 is 0 Å². The van der Waals surface area contributed by atoms with E-state index in [0.29, 0.717) is 0 Å². The smallest absolute Gasteiger partial charge is 0.265 e. The van der Waals surface area contributed by atoms with Crippen molar-refractivity contribution in [3.05, 3.63) is 44.3 Å². The monoisotopic (exact) mass is 295 g/mol. The molecule has 1 saturated heterocycles. The van der Waals surface area contributed by atoms with Crippen molar-refractivity contribution in [2.75, 3.05) is 12.3 Å². The molecule has 3 rings (SSSR count). The number of nitrogens with zero attached hydrogens (tertiary/aromatic N) is 1. The van der Waals surface area contributed by atoms with Gasteiger partial charge in [-0.3, -0.25) is 4.79 Å². The number of rotatable bonds is 2. The first-order valence-electron chi connectivity index (χ1n) is 5.78. The van der Waals surface area contributed by atoms with Gasteiger partial charge < -0.3 is 4.90 Å². The van der Waals surface area contributed by atoms with Gasteiger partial charge in [-0.2, -0.15) is 0 Å². The molecule has 1 fully saturated rings. The fourth-order valence-electron chi connectivity index (χ4n) is 2.04. The fourth-order valence-corrected chi connectivity index (χ4v) is 5.09. The molecule has 1 aliphatic heterocycles. The van der Waals surface area contributed by atoms with E-state index >= 15 is 0 Å². The van der Waals surface area contributed by atoms with Crippen LogP contribution in [0.3, 0.4) is 0 Å². The maximum Gasteiger partial charge on any atom is 0.265 e. The summed E-state index contributed by atoms with van der Waals surface area (Å²) in [5.41, 5.74) is 0. The topological polar surface area (TPSA) is 20.3 Å². The summed E-state index contributed by atoms with van der Waals surface area (Å²) >= 11 is 5.18. The Labute approximate surface area is 119 Å². The third-order valence-electron chi connectivity index (χ3n) is 2.89. The Hall–Kier alpha value is -0.780. The van der Waals surface area contributed by atoms with Crippen molar-refractivity contribution in [3.8, 4) is 0 Å². The molecule has 0 aromatic carbocycles. The number of thiophene rings is 2. The van der Waals surface area contributed by atoms with Crippen LogP contribution >= 0.6 is 34.4 Å². The molecular weight excluding hydrogens is 282 g/mol. The molecule has 1 aliphatic rings. The molecule has 0 N–H and O–H groups in total. The number of hydrogen-bond donors (Lipinski definition) is 0. The van der Waals surface area contributed by atoms with Crippen LogP contribution in [0.2, 0.25) is 0 Å². The van der Waals surface area contributed by atoms with Crippen molar-refractivity contribution in [3.63, 3.8) is 0 Å². The predicted molar refractivity (Wildman–Crippen MR) is 79.6 cm³/mol. The number of amides is 1. The van der Waals surface area contributed by atoms with Gasteiger partial charge in [-0.05, 0) is 30.5 Å². The summed E-state index contributed by atoms with van der Waals surface area (Å²) < 4.78 is 0. The quantitative estimate of drug-likeness (QED) is 0.834.